The van der Waals surface area contributed by atoms with Crippen LogP contribution in [0.25, 0.3) is 54.9 Å². The first kappa shape index (κ1) is 24.7. The summed E-state index contributed by atoms with van der Waals surface area (Å²) in [4.78, 5) is 9.01. The Hall–Kier alpha value is -4.03. The number of hydrogen-bond acceptors (Lipinski definition) is 1. The van der Waals surface area contributed by atoms with Gasteiger partial charge in [0.1, 0.15) is 0 Å². The molecule has 1 heterocycles. The molecule has 0 saturated heterocycles. The van der Waals surface area contributed by atoms with Crippen LogP contribution < -0.4 is 0 Å². The quantitative estimate of drug-likeness (QED) is 0.175. The van der Waals surface area contributed by atoms with Crippen molar-refractivity contribution in [3.05, 3.63) is 125 Å². The Morgan fingerprint density at radius 1 is 0.811 bits per heavy atom. The third kappa shape index (κ3) is 4.07. The molecule has 4 heteroatoms. The Labute approximate surface area is 230 Å². The van der Waals surface area contributed by atoms with E-state index in [1.54, 1.807) is 0 Å². The molecule has 0 bridgehead atoms. The van der Waals surface area contributed by atoms with E-state index in [1.165, 1.54) is 0 Å². The fourth-order valence-corrected chi connectivity index (χ4v) is 5.29. The van der Waals surface area contributed by atoms with Gasteiger partial charge in [0.15, 0.2) is 5.69 Å². The van der Waals surface area contributed by atoms with Crippen molar-refractivity contribution in [1.82, 2.24) is 9.55 Å². The summed E-state index contributed by atoms with van der Waals surface area (Å²) in [5.41, 5.74) is 9.97. The Morgan fingerprint density at radius 3 is 2.30 bits per heavy atom. The van der Waals surface area contributed by atoms with E-state index >= 15 is 0 Å². The van der Waals surface area contributed by atoms with Crippen molar-refractivity contribution in [2.24, 2.45) is 0 Å². The monoisotopic (exact) mass is 655 g/mol. The van der Waals surface area contributed by atoms with E-state index in [-0.39, 0.29) is 20.1 Å². The summed E-state index contributed by atoms with van der Waals surface area (Å²) in [5.74, 6) is 0.826. The topological polar surface area (TPSA) is 22.2 Å². The number of rotatable bonds is 3. The maximum Gasteiger partial charge on any atom is 0.195 e. The van der Waals surface area contributed by atoms with Crippen molar-refractivity contribution in [2.45, 2.75) is 20.8 Å². The zero-order valence-electron chi connectivity index (χ0n) is 20.8. The van der Waals surface area contributed by atoms with E-state index in [9.17, 15) is 0 Å². The fraction of sp³-hybridized carbons (Fsp3) is 0.0909. The van der Waals surface area contributed by atoms with E-state index < -0.39 is 0 Å². The number of benzene rings is 5. The molecule has 0 aliphatic heterocycles. The molecule has 0 aliphatic rings. The summed E-state index contributed by atoms with van der Waals surface area (Å²) in [7, 11) is 0. The van der Waals surface area contributed by atoms with Crippen LogP contribution in [0.2, 0.25) is 0 Å². The molecule has 0 N–H and O–H groups in total. The Bertz CT molecular complexity index is 1810. The molecule has 6 rings (SSSR count). The van der Waals surface area contributed by atoms with Gasteiger partial charge in [-0.2, -0.15) is 0 Å². The van der Waals surface area contributed by atoms with E-state index in [0.29, 0.717) is 5.69 Å². The van der Waals surface area contributed by atoms with Gasteiger partial charge >= 0.3 is 0 Å². The molecule has 5 aromatic carbocycles. The molecule has 1 radical (unpaired) electrons. The second kappa shape index (κ2) is 9.79. The molecular weight excluding hydrogens is 631 g/mol. The molecule has 6 aromatic rings. The van der Waals surface area contributed by atoms with E-state index in [2.05, 4.69) is 89.1 Å². The molecule has 0 spiro atoms. The third-order valence-electron chi connectivity index (χ3n) is 6.93. The van der Waals surface area contributed by atoms with Crippen LogP contribution in [0.4, 0.5) is 5.69 Å². The molecule has 0 aliphatic carbocycles. The van der Waals surface area contributed by atoms with Crippen molar-refractivity contribution in [2.75, 3.05) is 0 Å². The van der Waals surface area contributed by atoms with E-state index in [0.717, 1.165) is 66.7 Å². The third-order valence-corrected chi connectivity index (χ3v) is 6.93. The summed E-state index contributed by atoms with van der Waals surface area (Å²) in [6.07, 6.45) is 0. The van der Waals surface area contributed by atoms with Crippen LogP contribution in [0, 0.1) is 33.4 Å². The number of imidazole rings is 1. The van der Waals surface area contributed by atoms with Gasteiger partial charge < -0.3 is 4.57 Å². The van der Waals surface area contributed by atoms with Gasteiger partial charge in [0, 0.05) is 31.2 Å². The Morgan fingerprint density at radius 2 is 1.57 bits per heavy atom. The first-order valence-electron chi connectivity index (χ1n) is 12.0. The Kier molecular flexibility index (Phi) is 6.52. The van der Waals surface area contributed by atoms with Crippen LogP contribution in [-0.4, -0.2) is 9.55 Å². The average Bonchev–Trinajstić information content (AvgIpc) is 3.29. The van der Waals surface area contributed by atoms with Crippen molar-refractivity contribution < 1.29 is 20.1 Å². The van der Waals surface area contributed by atoms with E-state index in [4.69, 9.17) is 11.6 Å². The van der Waals surface area contributed by atoms with E-state index in [1.807, 2.05) is 38.1 Å². The normalized spacial score (nSPS) is 10.9. The number of aromatic nitrogens is 2. The molecule has 37 heavy (non-hydrogen) atoms. The maximum atomic E-state index is 7.83. The molecule has 1 aromatic heterocycles. The molecule has 181 valence electrons. The smallest absolute Gasteiger partial charge is 0.195 e. The minimum atomic E-state index is 0. The molecular formula is C33H24IrN3-. The largest absolute Gasteiger partial charge is 0.333 e. The number of hydrogen-bond donors (Lipinski definition) is 0. The van der Waals surface area contributed by atoms with Crippen LogP contribution in [0.15, 0.2) is 91.0 Å². The van der Waals surface area contributed by atoms with Gasteiger partial charge in [0.2, 0.25) is 0 Å². The number of fused-ring (bicyclic) bond motifs is 3. The first-order chi connectivity index (χ1) is 17.6. The zero-order chi connectivity index (χ0) is 24.8. The molecule has 0 atom stereocenters. The van der Waals surface area contributed by atoms with Crippen molar-refractivity contribution in [1.29, 1.82) is 0 Å². The summed E-state index contributed by atoms with van der Waals surface area (Å²) in [5, 5.41) is 2.30. The average molecular weight is 655 g/mol. The number of aryl methyl sites for hydroxylation is 2. The summed E-state index contributed by atoms with van der Waals surface area (Å²) < 4.78 is 2.24. The van der Waals surface area contributed by atoms with Gasteiger partial charge in [-0.05, 0) is 48.9 Å². The summed E-state index contributed by atoms with van der Waals surface area (Å²) >= 11 is 0. The minimum absolute atomic E-state index is 0. The predicted octanol–water partition coefficient (Wildman–Crippen LogP) is 8.79. The maximum absolute atomic E-state index is 7.83. The SMILES string of the molecule is [C-]#[N+]c1c(C)cc(C)c(-n2c(-c3[c-]cc(-c4ccccc4)cc3)nc3ccc4ccccc4c32)c1C.[Ir]. The van der Waals surface area contributed by atoms with Gasteiger partial charge in [-0.25, -0.2) is 4.85 Å². The first-order valence-corrected chi connectivity index (χ1v) is 12.0. The minimum Gasteiger partial charge on any atom is -0.333 e. The fourth-order valence-electron chi connectivity index (χ4n) is 5.29. The standard InChI is InChI=1S/C33H24N3.Ir/c1-21-20-22(2)31(23(3)30(21)34-4)36-32-28-13-9-8-12-26(28)18-19-29(32)35-33(36)27-16-14-25(15-17-27)24-10-6-5-7-11-24;/h5-16,18-20H,1-3H3;/q-1;. The van der Waals surface area contributed by atoms with Crippen molar-refractivity contribution in [3.63, 3.8) is 0 Å². The molecule has 0 amide bonds. The van der Waals surface area contributed by atoms with Gasteiger partial charge in [-0.1, -0.05) is 77.9 Å². The molecule has 0 fully saturated rings. The second-order valence-corrected chi connectivity index (χ2v) is 9.23. The molecule has 0 unspecified atom stereocenters. The van der Waals surface area contributed by atoms with Crippen molar-refractivity contribution in [3.8, 4) is 28.2 Å². The molecule has 0 saturated carbocycles. The predicted molar refractivity (Wildman–Crippen MR) is 149 cm³/mol. The van der Waals surface area contributed by atoms with Crippen LogP contribution in [0.1, 0.15) is 16.7 Å². The van der Waals surface area contributed by atoms with Crippen molar-refractivity contribution >= 4 is 27.5 Å². The zero-order valence-corrected chi connectivity index (χ0v) is 23.2. The summed E-state index contributed by atoms with van der Waals surface area (Å²) in [6, 6.07) is 34.8. The number of nitrogens with zero attached hydrogens (tertiary/aromatic N) is 3. The second-order valence-electron chi connectivity index (χ2n) is 9.23. The van der Waals surface area contributed by atoms with Crippen LogP contribution >= 0.6 is 0 Å². The van der Waals surface area contributed by atoms with Gasteiger partial charge in [-0.15, -0.1) is 29.8 Å². The Balaban J connectivity index is 0.00000280. The van der Waals surface area contributed by atoms with Crippen LogP contribution in [0.3, 0.4) is 0 Å². The van der Waals surface area contributed by atoms with Gasteiger partial charge in [0.25, 0.3) is 0 Å². The van der Waals surface area contributed by atoms with Crippen LogP contribution in [0.5, 0.6) is 0 Å². The van der Waals surface area contributed by atoms with Crippen LogP contribution in [-0.2, 0) is 20.1 Å². The van der Waals surface area contributed by atoms with Gasteiger partial charge in [0.05, 0.1) is 23.4 Å². The summed E-state index contributed by atoms with van der Waals surface area (Å²) in [6.45, 7) is 14.0. The molecule has 3 nitrogen and oxygen atoms in total. The van der Waals surface area contributed by atoms with Gasteiger partial charge in [-0.3, -0.25) is 4.98 Å².